The van der Waals surface area contributed by atoms with Crippen molar-refractivity contribution in [3.05, 3.63) is 34.5 Å². The molecule has 8 atom stereocenters. The van der Waals surface area contributed by atoms with Crippen molar-refractivity contribution in [2.24, 2.45) is 39.9 Å². The van der Waals surface area contributed by atoms with E-state index in [4.69, 9.17) is 9.47 Å². The number of allylic oxidation sites excluding steroid dienone is 1. The number of ether oxygens (including phenoxy) is 2. The van der Waals surface area contributed by atoms with Crippen LogP contribution in [-0.4, -0.2) is 42.1 Å². The molecule has 1 spiro atoms. The molecule has 6 fully saturated rings. The highest BCUT2D eigenvalue weighted by atomic mass is 32.1. The van der Waals surface area contributed by atoms with Crippen LogP contribution >= 0.6 is 11.3 Å². The van der Waals surface area contributed by atoms with Gasteiger partial charge in [0.05, 0.1) is 24.7 Å². The van der Waals surface area contributed by atoms with Crippen LogP contribution in [0.15, 0.2) is 29.7 Å². The third-order valence-electron chi connectivity index (χ3n) is 10.4. The molecule has 7 rings (SSSR count). The first kappa shape index (κ1) is 22.5. The van der Waals surface area contributed by atoms with Crippen molar-refractivity contribution in [1.29, 1.82) is 0 Å². The van der Waals surface area contributed by atoms with Gasteiger partial charge in [-0.05, 0) is 85.6 Å². The minimum atomic E-state index is -0.820. The summed E-state index contributed by atoms with van der Waals surface area (Å²) in [6, 6.07) is 3.61. The summed E-state index contributed by atoms with van der Waals surface area (Å²) in [6.07, 6.45) is 4.91. The molecular formula is C27H32O6S. The van der Waals surface area contributed by atoms with E-state index < -0.39 is 11.5 Å². The smallest absolute Gasteiger partial charge is 0.348 e. The normalized spacial score (nSPS) is 44.0. The lowest BCUT2D eigenvalue weighted by Crippen LogP contribution is -2.69. The minimum absolute atomic E-state index is 0.0317. The number of aliphatic hydroxyl groups excluding tert-OH is 1. The summed E-state index contributed by atoms with van der Waals surface area (Å²) < 4.78 is 11.6. The minimum Gasteiger partial charge on any atom is -0.465 e. The molecule has 34 heavy (non-hydrogen) atoms. The molecule has 1 N–H and O–H groups in total. The molecule has 8 unspecified atom stereocenters. The van der Waals surface area contributed by atoms with Crippen LogP contribution in [0.25, 0.3) is 0 Å². The average Bonchev–Trinajstić information content (AvgIpc) is 3.28. The highest BCUT2D eigenvalue weighted by molar-refractivity contribution is 7.11. The SMILES string of the molecule is C=C1C(=O)C23CCC1CC2C1(COC(C)=O)CCC2CC2(COC(=O)c2cccs2)C1CC3O. The van der Waals surface area contributed by atoms with Gasteiger partial charge in [0, 0.05) is 17.8 Å². The number of thiophene rings is 1. The van der Waals surface area contributed by atoms with Crippen molar-refractivity contribution in [1.82, 2.24) is 0 Å². The van der Waals surface area contributed by atoms with Gasteiger partial charge in [-0.3, -0.25) is 9.59 Å². The number of hydrogen-bond donors (Lipinski definition) is 1. The molecule has 1 heterocycles. The molecule has 1 aromatic rings. The second-order valence-electron chi connectivity index (χ2n) is 11.5. The molecule has 6 aliphatic rings. The van der Waals surface area contributed by atoms with Gasteiger partial charge in [0.1, 0.15) is 4.88 Å². The summed E-state index contributed by atoms with van der Waals surface area (Å²) in [7, 11) is 0. The Labute approximate surface area is 203 Å². The summed E-state index contributed by atoms with van der Waals surface area (Å²) in [5, 5.41) is 13.5. The number of hydrogen-bond acceptors (Lipinski definition) is 7. The van der Waals surface area contributed by atoms with E-state index in [9.17, 15) is 19.5 Å². The molecule has 6 nitrogen and oxygen atoms in total. The number of carbonyl (C=O) groups excluding carboxylic acids is 3. The Morgan fingerprint density at radius 1 is 1.15 bits per heavy atom. The highest BCUT2D eigenvalue weighted by Crippen LogP contribution is 2.77. The number of ketones is 1. The molecule has 0 aromatic carbocycles. The Balaban J connectivity index is 1.37. The van der Waals surface area contributed by atoms with Gasteiger partial charge in [-0.15, -0.1) is 11.3 Å². The van der Waals surface area contributed by atoms with Crippen LogP contribution < -0.4 is 0 Å². The summed E-state index contributed by atoms with van der Waals surface area (Å²) >= 11 is 1.37. The van der Waals surface area contributed by atoms with Gasteiger partial charge in [-0.1, -0.05) is 12.6 Å². The molecule has 2 bridgehead atoms. The molecule has 0 aliphatic heterocycles. The van der Waals surface area contributed by atoms with Crippen LogP contribution in [0, 0.1) is 39.9 Å². The second-order valence-corrected chi connectivity index (χ2v) is 12.4. The fourth-order valence-corrected chi connectivity index (χ4v) is 9.36. The van der Waals surface area contributed by atoms with Crippen molar-refractivity contribution < 1.29 is 29.0 Å². The quantitative estimate of drug-likeness (QED) is 0.498. The van der Waals surface area contributed by atoms with Crippen LogP contribution in [0.5, 0.6) is 0 Å². The van der Waals surface area contributed by atoms with E-state index in [-0.39, 0.29) is 52.9 Å². The van der Waals surface area contributed by atoms with Gasteiger partial charge in [-0.2, -0.15) is 0 Å². The van der Waals surface area contributed by atoms with E-state index in [1.807, 2.05) is 11.4 Å². The molecule has 0 saturated heterocycles. The highest BCUT2D eigenvalue weighted by Gasteiger charge is 2.76. The number of aliphatic hydroxyl groups is 1. The number of Topliss-reactive ketones (excluding diaryl/α,β-unsaturated/α-hetero) is 1. The van der Waals surface area contributed by atoms with Gasteiger partial charge >= 0.3 is 11.9 Å². The second kappa shape index (κ2) is 7.50. The topological polar surface area (TPSA) is 89.9 Å². The third-order valence-corrected chi connectivity index (χ3v) is 11.2. The monoisotopic (exact) mass is 484 g/mol. The molecule has 6 saturated carbocycles. The van der Waals surface area contributed by atoms with Gasteiger partial charge < -0.3 is 14.6 Å². The van der Waals surface area contributed by atoms with E-state index in [2.05, 4.69) is 6.58 Å². The van der Waals surface area contributed by atoms with Crippen molar-refractivity contribution in [3.8, 4) is 0 Å². The lowest BCUT2D eigenvalue weighted by atomic mass is 9.37. The van der Waals surface area contributed by atoms with E-state index >= 15 is 0 Å². The molecule has 7 heteroatoms. The fraction of sp³-hybridized carbons (Fsp3) is 0.667. The average molecular weight is 485 g/mol. The van der Waals surface area contributed by atoms with E-state index in [0.29, 0.717) is 35.8 Å². The summed E-state index contributed by atoms with van der Waals surface area (Å²) in [5.41, 5.74) is -0.756. The standard InChI is InChI=1S/C27H32O6S/c1-15-17-5-8-27(23(15)30)21(10-17)25(13-32-16(2)28)7-6-18-12-26(18,20(25)11-22(27)29)14-33-24(31)19-4-3-9-34-19/h3-4,9,17-18,20-22,29H,1,5-8,10-14H2,2H3. The molecule has 182 valence electrons. The molecule has 1 aromatic heterocycles. The Hall–Kier alpha value is -1.99. The zero-order chi connectivity index (χ0) is 23.9. The first-order chi connectivity index (χ1) is 16.2. The number of rotatable bonds is 5. The molecule has 0 radical (unpaired) electrons. The Bertz CT molecular complexity index is 1060. The number of fused-ring (bicyclic) bond motifs is 5. The largest absolute Gasteiger partial charge is 0.465 e. The lowest BCUT2D eigenvalue weighted by molar-refractivity contribution is -0.226. The van der Waals surface area contributed by atoms with Crippen molar-refractivity contribution in [2.45, 2.75) is 58.0 Å². The van der Waals surface area contributed by atoms with Gasteiger partial charge in [0.2, 0.25) is 0 Å². The van der Waals surface area contributed by atoms with Crippen LogP contribution in [0.3, 0.4) is 0 Å². The third kappa shape index (κ3) is 2.86. The maximum atomic E-state index is 13.6. The maximum absolute atomic E-state index is 13.6. The lowest BCUT2D eigenvalue weighted by Gasteiger charge is -2.67. The first-order valence-electron chi connectivity index (χ1n) is 12.5. The summed E-state index contributed by atoms with van der Waals surface area (Å²) in [6.45, 7) is 6.12. The van der Waals surface area contributed by atoms with Crippen molar-refractivity contribution in [2.75, 3.05) is 13.2 Å². The predicted octanol–water partition coefficient (Wildman–Crippen LogP) is 4.18. The van der Waals surface area contributed by atoms with Crippen LogP contribution in [0.1, 0.15) is 61.5 Å². The predicted molar refractivity (Wildman–Crippen MR) is 125 cm³/mol. The Kier molecular flexibility index (Phi) is 4.96. The van der Waals surface area contributed by atoms with Crippen LogP contribution in [0.2, 0.25) is 0 Å². The van der Waals surface area contributed by atoms with E-state index in [1.165, 1.54) is 18.3 Å². The van der Waals surface area contributed by atoms with Crippen LogP contribution in [0.4, 0.5) is 0 Å². The van der Waals surface area contributed by atoms with Crippen molar-refractivity contribution in [3.63, 3.8) is 0 Å². The fourth-order valence-electron chi connectivity index (χ4n) is 8.75. The van der Waals surface area contributed by atoms with Gasteiger partial charge in [0.25, 0.3) is 0 Å². The summed E-state index contributed by atoms with van der Waals surface area (Å²) in [4.78, 5) is 38.8. The van der Waals surface area contributed by atoms with Gasteiger partial charge in [-0.25, -0.2) is 4.79 Å². The summed E-state index contributed by atoms with van der Waals surface area (Å²) in [5.74, 6) is -0.0139. The molecule has 0 amide bonds. The maximum Gasteiger partial charge on any atom is 0.348 e. The van der Waals surface area contributed by atoms with Crippen LogP contribution in [-0.2, 0) is 19.1 Å². The van der Waals surface area contributed by atoms with Gasteiger partial charge in [0.15, 0.2) is 5.78 Å². The zero-order valence-corrected chi connectivity index (χ0v) is 20.4. The Morgan fingerprint density at radius 2 is 1.94 bits per heavy atom. The number of carbonyl (C=O) groups is 3. The van der Waals surface area contributed by atoms with E-state index in [0.717, 1.165) is 32.1 Å². The first-order valence-corrected chi connectivity index (χ1v) is 13.4. The molecule has 6 aliphatic carbocycles. The number of esters is 2. The molecular weight excluding hydrogens is 452 g/mol. The van der Waals surface area contributed by atoms with Crippen molar-refractivity contribution >= 4 is 29.1 Å². The van der Waals surface area contributed by atoms with E-state index in [1.54, 1.807) is 6.07 Å². The zero-order valence-electron chi connectivity index (χ0n) is 19.6. The Morgan fingerprint density at radius 3 is 2.68 bits per heavy atom.